The third-order valence-corrected chi connectivity index (χ3v) is 3.19. The van der Waals surface area contributed by atoms with Gasteiger partial charge in [0.2, 0.25) is 5.91 Å². The van der Waals surface area contributed by atoms with E-state index in [1.165, 1.54) is 12.1 Å². The van der Waals surface area contributed by atoms with Crippen LogP contribution < -0.4 is 5.32 Å². The molecule has 1 amide bonds. The Balaban J connectivity index is 2.48. The number of nitrogens with one attached hydrogen (secondary N) is 1. The molecule has 2 aromatic carbocycles. The quantitative estimate of drug-likeness (QED) is 0.527. The van der Waals surface area contributed by atoms with E-state index in [2.05, 4.69) is 21.2 Å². The van der Waals surface area contributed by atoms with E-state index < -0.39 is 4.92 Å². The average molecular weight is 335 g/mol. The fraction of sp³-hybridized carbons (Fsp3) is 0.0714. The molecule has 0 aliphatic carbocycles. The maximum absolute atomic E-state index is 11.4. The van der Waals surface area contributed by atoms with Gasteiger partial charge in [0.25, 0.3) is 5.69 Å². The molecular weight excluding hydrogens is 324 g/mol. The van der Waals surface area contributed by atoms with Crippen LogP contribution in [0.25, 0.3) is 11.1 Å². The second-order valence-electron chi connectivity index (χ2n) is 4.04. The van der Waals surface area contributed by atoms with E-state index in [0.29, 0.717) is 11.3 Å². The molecule has 0 aromatic heterocycles. The van der Waals surface area contributed by atoms with Gasteiger partial charge in [0.15, 0.2) is 0 Å². The highest BCUT2D eigenvalue weighted by atomic mass is 79.9. The zero-order chi connectivity index (χ0) is 14.5. The third kappa shape index (κ3) is 3.21. The average Bonchev–Trinajstić information content (AvgIpc) is 2.47. The Morgan fingerprint density at radius 3 is 2.50 bits per heavy atom. The van der Waals surface area contributed by atoms with Crippen molar-refractivity contribution in [2.45, 2.75) is 0 Å². The Hall–Kier alpha value is -2.21. The van der Waals surface area contributed by atoms with Crippen molar-refractivity contribution < 1.29 is 9.72 Å². The molecule has 0 aliphatic rings. The molecule has 2 rings (SSSR count). The summed E-state index contributed by atoms with van der Waals surface area (Å²) in [5, 5.41) is 13.9. The van der Waals surface area contributed by atoms with Crippen LogP contribution >= 0.6 is 15.9 Å². The topological polar surface area (TPSA) is 72.2 Å². The number of hydrogen-bond acceptors (Lipinski definition) is 3. The van der Waals surface area contributed by atoms with E-state index >= 15 is 0 Å². The van der Waals surface area contributed by atoms with E-state index in [1.807, 2.05) is 18.2 Å². The van der Waals surface area contributed by atoms with Gasteiger partial charge in [-0.05, 0) is 17.7 Å². The van der Waals surface area contributed by atoms with Crippen LogP contribution in [0.5, 0.6) is 0 Å². The second kappa shape index (κ2) is 6.29. The fourth-order valence-corrected chi connectivity index (χ4v) is 1.96. The van der Waals surface area contributed by atoms with Crippen molar-refractivity contribution in [2.24, 2.45) is 0 Å². The summed E-state index contributed by atoms with van der Waals surface area (Å²) in [6.07, 6.45) is 0. The molecule has 2 aromatic rings. The Labute approximate surface area is 123 Å². The van der Waals surface area contributed by atoms with Gasteiger partial charge in [-0.2, -0.15) is 0 Å². The van der Waals surface area contributed by atoms with Gasteiger partial charge < -0.3 is 5.32 Å². The lowest BCUT2D eigenvalue weighted by atomic mass is 10.0. The van der Waals surface area contributed by atoms with Crippen LogP contribution in [0.3, 0.4) is 0 Å². The van der Waals surface area contributed by atoms with Gasteiger partial charge in [-0.15, -0.1) is 0 Å². The van der Waals surface area contributed by atoms with Crippen molar-refractivity contribution in [1.29, 1.82) is 0 Å². The van der Waals surface area contributed by atoms with Crippen LogP contribution in [0.1, 0.15) is 0 Å². The number of benzene rings is 2. The largest absolute Gasteiger partial charge is 0.325 e. The lowest BCUT2D eigenvalue weighted by Gasteiger charge is -2.07. The molecule has 1 N–H and O–H groups in total. The van der Waals surface area contributed by atoms with Crippen LogP contribution in [0.4, 0.5) is 11.4 Å². The van der Waals surface area contributed by atoms with Crippen molar-refractivity contribution in [1.82, 2.24) is 0 Å². The number of rotatable bonds is 4. The normalized spacial score (nSPS) is 10.1. The van der Waals surface area contributed by atoms with Crippen molar-refractivity contribution >= 4 is 33.2 Å². The Kier molecular flexibility index (Phi) is 4.47. The summed E-state index contributed by atoms with van der Waals surface area (Å²) in [5.41, 5.74) is 1.74. The summed E-state index contributed by atoms with van der Waals surface area (Å²) in [5.74, 6) is -0.210. The van der Waals surface area contributed by atoms with E-state index in [-0.39, 0.29) is 16.9 Å². The number of carbonyl (C=O) groups excluding carboxylic acids is 1. The molecule has 102 valence electrons. The summed E-state index contributed by atoms with van der Waals surface area (Å²) >= 11 is 3.05. The summed E-state index contributed by atoms with van der Waals surface area (Å²) in [7, 11) is 0. The van der Waals surface area contributed by atoms with E-state index in [4.69, 9.17) is 0 Å². The van der Waals surface area contributed by atoms with Gasteiger partial charge in [0.1, 0.15) is 0 Å². The molecule has 0 radical (unpaired) electrons. The van der Waals surface area contributed by atoms with Crippen LogP contribution in [-0.4, -0.2) is 16.2 Å². The molecule has 0 aliphatic heterocycles. The number of carbonyl (C=O) groups is 1. The lowest BCUT2D eigenvalue weighted by Crippen LogP contribution is -2.12. The summed E-state index contributed by atoms with van der Waals surface area (Å²) in [6.45, 7) is 0. The van der Waals surface area contributed by atoms with Crippen LogP contribution in [0, 0.1) is 10.1 Å². The van der Waals surface area contributed by atoms with E-state index in [0.717, 1.165) is 5.56 Å². The van der Waals surface area contributed by atoms with Crippen molar-refractivity contribution in [3.8, 4) is 11.1 Å². The minimum absolute atomic E-state index is 0.00745. The van der Waals surface area contributed by atoms with E-state index in [1.54, 1.807) is 18.2 Å². The minimum atomic E-state index is -0.432. The first-order chi connectivity index (χ1) is 9.61. The highest BCUT2D eigenvalue weighted by Gasteiger charge is 2.16. The standard InChI is InChI=1S/C14H11BrN2O3/c15-9-14(18)16-11-6-7-13(17(19)20)12(8-11)10-4-2-1-3-5-10/h1-8H,9H2,(H,16,18). The number of halogens is 1. The second-order valence-corrected chi connectivity index (χ2v) is 4.60. The molecule has 0 unspecified atom stereocenters. The molecular formula is C14H11BrN2O3. The molecule has 0 atom stereocenters. The molecule has 0 saturated carbocycles. The summed E-state index contributed by atoms with van der Waals surface area (Å²) in [4.78, 5) is 22.0. The number of anilines is 1. The number of nitro benzene ring substituents is 1. The maximum Gasteiger partial charge on any atom is 0.277 e. The number of hydrogen-bond donors (Lipinski definition) is 1. The van der Waals surface area contributed by atoms with Gasteiger partial charge >= 0.3 is 0 Å². The summed E-state index contributed by atoms with van der Waals surface area (Å²) < 4.78 is 0. The molecule has 0 spiro atoms. The van der Waals surface area contributed by atoms with Gasteiger partial charge in [-0.25, -0.2) is 0 Å². The number of nitrogens with zero attached hydrogens (tertiary/aromatic N) is 1. The zero-order valence-electron chi connectivity index (χ0n) is 10.4. The number of amides is 1. The monoisotopic (exact) mass is 334 g/mol. The van der Waals surface area contributed by atoms with Gasteiger partial charge in [-0.3, -0.25) is 14.9 Å². The predicted molar refractivity (Wildman–Crippen MR) is 81.0 cm³/mol. The Bertz CT molecular complexity index is 644. The van der Waals surface area contributed by atoms with Gasteiger partial charge in [0, 0.05) is 11.8 Å². The first kappa shape index (κ1) is 14.2. The highest BCUT2D eigenvalue weighted by Crippen LogP contribution is 2.32. The first-order valence-electron chi connectivity index (χ1n) is 5.81. The molecule has 0 fully saturated rings. The predicted octanol–water partition coefficient (Wildman–Crippen LogP) is 3.60. The Morgan fingerprint density at radius 2 is 1.90 bits per heavy atom. The van der Waals surface area contributed by atoms with Crippen LogP contribution in [0.2, 0.25) is 0 Å². The van der Waals surface area contributed by atoms with Crippen LogP contribution in [-0.2, 0) is 4.79 Å². The van der Waals surface area contributed by atoms with Crippen molar-refractivity contribution in [2.75, 3.05) is 10.6 Å². The molecule has 20 heavy (non-hydrogen) atoms. The third-order valence-electron chi connectivity index (χ3n) is 2.68. The first-order valence-corrected chi connectivity index (χ1v) is 6.93. The summed E-state index contributed by atoms with van der Waals surface area (Å²) in [6, 6.07) is 13.6. The lowest BCUT2D eigenvalue weighted by molar-refractivity contribution is -0.384. The highest BCUT2D eigenvalue weighted by molar-refractivity contribution is 9.09. The van der Waals surface area contributed by atoms with Crippen molar-refractivity contribution in [3.63, 3.8) is 0 Å². The minimum Gasteiger partial charge on any atom is -0.325 e. The van der Waals surface area contributed by atoms with Crippen molar-refractivity contribution in [3.05, 3.63) is 58.6 Å². The SMILES string of the molecule is O=C(CBr)Nc1ccc([N+](=O)[O-])c(-c2ccccc2)c1. The van der Waals surface area contributed by atoms with Gasteiger partial charge in [-0.1, -0.05) is 46.3 Å². The molecule has 5 nitrogen and oxygen atoms in total. The van der Waals surface area contributed by atoms with Crippen LogP contribution in [0.15, 0.2) is 48.5 Å². The molecule has 0 heterocycles. The zero-order valence-corrected chi connectivity index (χ0v) is 12.0. The smallest absolute Gasteiger partial charge is 0.277 e. The fourth-order valence-electron chi connectivity index (χ4n) is 1.82. The molecule has 0 bridgehead atoms. The number of alkyl halides is 1. The number of nitro groups is 1. The Morgan fingerprint density at radius 1 is 1.20 bits per heavy atom. The van der Waals surface area contributed by atoms with E-state index in [9.17, 15) is 14.9 Å². The molecule has 6 heteroatoms. The van der Waals surface area contributed by atoms with Gasteiger partial charge in [0.05, 0.1) is 15.8 Å². The molecule has 0 saturated heterocycles. The maximum atomic E-state index is 11.4.